The molecule has 86 valence electrons. The average molecular weight is 290 g/mol. The van der Waals surface area contributed by atoms with Gasteiger partial charge in [0.2, 0.25) is 0 Å². The Labute approximate surface area is 109 Å². The molecule has 0 spiro atoms. The SMILES string of the molecule is Brc1ccc2c(c1)OCC(c1ccccc1)N2. The van der Waals surface area contributed by atoms with Crippen molar-refractivity contribution < 1.29 is 4.74 Å². The Morgan fingerprint density at radius 2 is 1.94 bits per heavy atom. The van der Waals surface area contributed by atoms with Crippen LogP contribution in [0.15, 0.2) is 53.0 Å². The minimum absolute atomic E-state index is 0.227. The lowest BCUT2D eigenvalue weighted by Crippen LogP contribution is -2.23. The molecule has 0 radical (unpaired) electrons. The Kier molecular flexibility index (Phi) is 2.77. The molecule has 1 aliphatic rings. The first-order valence-electron chi connectivity index (χ1n) is 5.57. The summed E-state index contributed by atoms with van der Waals surface area (Å²) in [5, 5.41) is 3.49. The van der Waals surface area contributed by atoms with E-state index in [4.69, 9.17) is 4.74 Å². The van der Waals surface area contributed by atoms with Gasteiger partial charge in [-0.3, -0.25) is 0 Å². The molecular formula is C14H12BrNO. The Bertz CT molecular complexity index is 527. The zero-order chi connectivity index (χ0) is 11.7. The normalized spacial score (nSPS) is 17.8. The number of rotatable bonds is 1. The van der Waals surface area contributed by atoms with E-state index in [1.165, 1.54) is 5.56 Å². The maximum atomic E-state index is 5.78. The van der Waals surface area contributed by atoms with Crippen LogP contribution in [0.25, 0.3) is 0 Å². The highest BCUT2D eigenvalue weighted by Crippen LogP contribution is 2.35. The highest BCUT2D eigenvalue weighted by Gasteiger charge is 2.19. The van der Waals surface area contributed by atoms with E-state index in [9.17, 15) is 0 Å². The monoisotopic (exact) mass is 289 g/mol. The molecule has 0 saturated carbocycles. The molecule has 2 nitrogen and oxygen atoms in total. The molecule has 0 bridgehead atoms. The highest BCUT2D eigenvalue weighted by atomic mass is 79.9. The van der Waals surface area contributed by atoms with E-state index in [1.807, 2.05) is 36.4 Å². The number of anilines is 1. The lowest BCUT2D eigenvalue weighted by Gasteiger charge is -2.27. The lowest BCUT2D eigenvalue weighted by atomic mass is 10.1. The molecule has 0 aromatic heterocycles. The first kappa shape index (κ1) is 10.7. The summed E-state index contributed by atoms with van der Waals surface area (Å²) in [5.74, 6) is 0.909. The summed E-state index contributed by atoms with van der Waals surface area (Å²) in [6, 6.07) is 16.6. The van der Waals surface area contributed by atoms with Crippen LogP contribution in [-0.2, 0) is 0 Å². The second-order valence-corrected chi connectivity index (χ2v) is 4.97. The van der Waals surface area contributed by atoms with Crippen molar-refractivity contribution >= 4 is 21.6 Å². The number of benzene rings is 2. The molecule has 3 rings (SSSR count). The fourth-order valence-corrected chi connectivity index (χ4v) is 2.34. The van der Waals surface area contributed by atoms with Gasteiger partial charge in [0, 0.05) is 4.47 Å². The molecular weight excluding hydrogens is 278 g/mol. The molecule has 1 N–H and O–H groups in total. The fourth-order valence-electron chi connectivity index (χ4n) is 2.00. The third-order valence-corrected chi connectivity index (χ3v) is 3.37. The summed E-state index contributed by atoms with van der Waals surface area (Å²) in [7, 11) is 0. The van der Waals surface area contributed by atoms with Crippen molar-refractivity contribution in [1.29, 1.82) is 0 Å². The largest absolute Gasteiger partial charge is 0.489 e. The molecule has 1 heterocycles. The maximum absolute atomic E-state index is 5.78. The molecule has 3 heteroatoms. The summed E-state index contributed by atoms with van der Waals surface area (Å²) < 4.78 is 6.82. The summed E-state index contributed by atoms with van der Waals surface area (Å²) in [6.45, 7) is 0.660. The smallest absolute Gasteiger partial charge is 0.143 e. The van der Waals surface area contributed by atoms with Crippen molar-refractivity contribution in [2.75, 3.05) is 11.9 Å². The third kappa shape index (κ3) is 2.15. The van der Waals surface area contributed by atoms with Crippen molar-refractivity contribution in [2.24, 2.45) is 0 Å². The van der Waals surface area contributed by atoms with Crippen molar-refractivity contribution in [1.82, 2.24) is 0 Å². The van der Waals surface area contributed by atoms with Crippen LogP contribution in [0.5, 0.6) is 5.75 Å². The predicted molar refractivity (Wildman–Crippen MR) is 72.4 cm³/mol. The average Bonchev–Trinajstić information content (AvgIpc) is 2.39. The van der Waals surface area contributed by atoms with E-state index in [-0.39, 0.29) is 6.04 Å². The van der Waals surface area contributed by atoms with Crippen LogP contribution in [0.2, 0.25) is 0 Å². The second kappa shape index (κ2) is 4.41. The van der Waals surface area contributed by atoms with Crippen LogP contribution in [0, 0.1) is 0 Å². The van der Waals surface area contributed by atoms with Gasteiger partial charge in [0.05, 0.1) is 11.7 Å². The summed E-state index contributed by atoms with van der Waals surface area (Å²) in [6.07, 6.45) is 0. The number of hydrogen-bond donors (Lipinski definition) is 1. The van der Waals surface area contributed by atoms with Gasteiger partial charge in [-0.1, -0.05) is 46.3 Å². The zero-order valence-corrected chi connectivity index (χ0v) is 10.8. The molecule has 0 fully saturated rings. The Morgan fingerprint density at radius 3 is 2.76 bits per heavy atom. The summed E-state index contributed by atoms with van der Waals surface area (Å²) >= 11 is 3.44. The number of fused-ring (bicyclic) bond motifs is 1. The van der Waals surface area contributed by atoms with Crippen LogP contribution < -0.4 is 10.1 Å². The molecule has 2 aromatic carbocycles. The Balaban J connectivity index is 1.88. The fraction of sp³-hybridized carbons (Fsp3) is 0.143. The summed E-state index contributed by atoms with van der Waals surface area (Å²) in [5.41, 5.74) is 2.30. The molecule has 1 aliphatic heterocycles. The predicted octanol–water partition coefficient (Wildman–Crippen LogP) is 3.99. The third-order valence-electron chi connectivity index (χ3n) is 2.88. The lowest BCUT2D eigenvalue weighted by molar-refractivity contribution is 0.286. The second-order valence-electron chi connectivity index (χ2n) is 4.06. The molecule has 0 saturated heterocycles. The first-order valence-corrected chi connectivity index (χ1v) is 6.36. The van der Waals surface area contributed by atoms with Gasteiger partial charge in [0.15, 0.2) is 0 Å². The van der Waals surface area contributed by atoms with E-state index in [0.717, 1.165) is 15.9 Å². The minimum Gasteiger partial charge on any atom is -0.489 e. The van der Waals surface area contributed by atoms with Gasteiger partial charge >= 0.3 is 0 Å². The van der Waals surface area contributed by atoms with Crippen molar-refractivity contribution in [2.45, 2.75) is 6.04 Å². The van der Waals surface area contributed by atoms with Crippen LogP contribution >= 0.6 is 15.9 Å². The van der Waals surface area contributed by atoms with Crippen LogP contribution in [-0.4, -0.2) is 6.61 Å². The van der Waals surface area contributed by atoms with E-state index in [1.54, 1.807) is 0 Å². The molecule has 17 heavy (non-hydrogen) atoms. The van der Waals surface area contributed by atoms with Gasteiger partial charge in [0.1, 0.15) is 12.4 Å². The minimum atomic E-state index is 0.227. The van der Waals surface area contributed by atoms with Gasteiger partial charge in [-0.05, 0) is 23.8 Å². The number of halogens is 1. The first-order chi connectivity index (χ1) is 8.33. The standard InChI is InChI=1S/C14H12BrNO/c15-11-6-7-12-14(8-11)17-9-13(16-12)10-4-2-1-3-5-10/h1-8,13,16H,9H2. The van der Waals surface area contributed by atoms with Crippen molar-refractivity contribution in [3.63, 3.8) is 0 Å². The van der Waals surface area contributed by atoms with Gasteiger partial charge in [-0.15, -0.1) is 0 Å². The Morgan fingerprint density at radius 1 is 1.12 bits per heavy atom. The van der Waals surface area contributed by atoms with Gasteiger partial charge in [-0.2, -0.15) is 0 Å². The van der Waals surface area contributed by atoms with Crippen LogP contribution in [0.4, 0.5) is 5.69 Å². The highest BCUT2D eigenvalue weighted by molar-refractivity contribution is 9.10. The topological polar surface area (TPSA) is 21.3 Å². The van der Waals surface area contributed by atoms with E-state index >= 15 is 0 Å². The van der Waals surface area contributed by atoms with E-state index < -0.39 is 0 Å². The maximum Gasteiger partial charge on any atom is 0.143 e. The van der Waals surface area contributed by atoms with Crippen molar-refractivity contribution in [3.8, 4) is 5.75 Å². The van der Waals surface area contributed by atoms with Crippen LogP contribution in [0.3, 0.4) is 0 Å². The molecule has 0 amide bonds. The van der Waals surface area contributed by atoms with E-state index in [0.29, 0.717) is 6.61 Å². The molecule has 0 aliphatic carbocycles. The molecule has 1 atom stereocenters. The van der Waals surface area contributed by atoms with Gasteiger partial charge in [0.25, 0.3) is 0 Å². The van der Waals surface area contributed by atoms with Crippen molar-refractivity contribution in [3.05, 3.63) is 58.6 Å². The number of hydrogen-bond acceptors (Lipinski definition) is 2. The van der Waals surface area contributed by atoms with Crippen LogP contribution in [0.1, 0.15) is 11.6 Å². The van der Waals surface area contributed by atoms with Gasteiger partial charge < -0.3 is 10.1 Å². The van der Waals surface area contributed by atoms with E-state index in [2.05, 4.69) is 33.4 Å². The molecule has 1 unspecified atom stereocenters. The summed E-state index contributed by atoms with van der Waals surface area (Å²) in [4.78, 5) is 0. The zero-order valence-electron chi connectivity index (χ0n) is 9.19. The number of nitrogens with one attached hydrogen (secondary N) is 1. The number of ether oxygens (including phenoxy) is 1. The van der Waals surface area contributed by atoms with Gasteiger partial charge in [-0.25, -0.2) is 0 Å². The quantitative estimate of drug-likeness (QED) is 0.857. The molecule has 2 aromatic rings. The Hall–Kier alpha value is -1.48.